The second-order valence-corrected chi connectivity index (χ2v) is 8.38. The van der Waals surface area contributed by atoms with Gasteiger partial charge in [-0.1, -0.05) is 0 Å². The maximum absolute atomic E-state index is 12.6. The Kier molecular flexibility index (Phi) is 14.9. The molecule has 0 fully saturated rings. The minimum atomic E-state index is -1.48. The fourth-order valence-electron chi connectivity index (χ4n) is 2.47. The van der Waals surface area contributed by atoms with Gasteiger partial charge in [-0.3, -0.25) is 24.0 Å². The van der Waals surface area contributed by atoms with Crippen LogP contribution >= 0.6 is 24.4 Å². The molecule has 13 nitrogen and oxygen atoms in total. The van der Waals surface area contributed by atoms with Crippen LogP contribution in [0.15, 0.2) is 0 Å². The largest absolute Gasteiger partial charge is 0.481 e. The zero-order valence-corrected chi connectivity index (χ0v) is 19.8. The number of hydrogen-bond acceptors (Lipinski definition) is 9. The van der Waals surface area contributed by atoms with E-state index in [0.29, 0.717) is 12.2 Å². The lowest BCUT2D eigenvalue weighted by atomic mass is 10.1. The van der Waals surface area contributed by atoms with Gasteiger partial charge in [0.2, 0.25) is 23.6 Å². The number of primary amides is 1. The predicted octanol–water partition coefficient (Wildman–Crippen LogP) is -2.33. The van der Waals surface area contributed by atoms with Gasteiger partial charge in [0, 0.05) is 18.6 Å². The van der Waals surface area contributed by atoms with Crippen molar-refractivity contribution < 1.29 is 39.0 Å². The van der Waals surface area contributed by atoms with Gasteiger partial charge in [0.1, 0.15) is 18.1 Å². The molecule has 4 amide bonds. The van der Waals surface area contributed by atoms with E-state index in [1.807, 2.05) is 6.26 Å². The molecular formula is C18H31N5O8S2. The quantitative estimate of drug-likeness (QED) is 0.0974. The molecule has 0 saturated heterocycles. The Hall–Kier alpha value is -2.52. The first kappa shape index (κ1) is 30.5. The van der Waals surface area contributed by atoms with E-state index < -0.39 is 66.2 Å². The van der Waals surface area contributed by atoms with Crippen LogP contribution in [-0.2, 0) is 28.8 Å². The van der Waals surface area contributed by atoms with E-state index in [-0.39, 0.29) is 25.0 Å². The average Bonchev–Trinajstić information content (AvgIpc) is 2.74. The van der Waals surface area contributed by atoms with Crippen molar-refractivity contribution in [1.29, 1.82) is 0 Å². The maximum Gasteiger partial charge on any atom is 0.326 e. The second kappa shape index (κ2) is 16.1. The van der Waals surface area contributed by atoms with E-state index in [2.05, 4.69) is 28.6 Å². The summed E-state index contributed by atoms with van der Waals surface area (Å²) in [6.07, 6.45) is 0.761. The van der Waals surface area contributed by atoms with Crippen molar-refractivity contribution in [2.45, 2.75) is 56.3 Å². The Balaban J connectivity index is 5.30. The van der Waals surface area contributed by atoms with Gasteiger partial charge < -0.3 is 37.6 Å². The van der Waals surface area contributed by atoms with Gasteiger partial charge in [0.15, 0.2) is 0 Å². The SMILES string of the molecule is CSCCC(N)C(=O)NC(CS)C(=O)NC(CCC(=O)O)C(=O)NC(CCC(N)=O)C(=O)O. The van der Waals surface area contributed by atoms with Crippen molar-refractivity contribution in [3.63, 3.8) is 0 Å². The average molecular weight is 510 g/mol. The molecule has 0 aliphatic heterocycles. The minimum absolute atomic E-state index is 0.142. The summed E-state index contributed by atoms with van der Waals surface area (Å²) in [5.41, 5.74) is 10.8. The van der Waals surface area contributed by atoms with Crippen molar-refractivity contribution in [3.8, 4) is 0 Å². The number of carbonyl (C=O) groups excluding carboxylic acids is 4. The number of aliphatic carboxylic acids is 2. The molecule has 0 spiro atoms. The number of hydrogen-bond donors (Lipinski definition) is 8. The smallest absolute Gasteiger partial charge is 0.326 e. The van der Waals surface area contributed by atoms with Crippen LogP contribution in [0.2, 0.25) is 0 Å². The van der Waals surface area contributed by atoms with E-state index in [9.17, 15) is 33.9 Å². The topological polar surface area (TPSA) is 231 Å². The van der Waals surface area contributed by atoms with Crippen LogP contribution in [0.25, 0.3) is 0 Å². The number of carboxylic acid groups (broad SMARTS) is 2. The van der Waals surface area contributed by atoms with Crippen molar-refractivity contribution >= 4 is 60.0 Å². The van der Waals surface area contributed by atoms with Crippen molar-refractivity contribution in [3.05, 3.63) is 0 Å². The van der Waals surface area contributed by atoms with Gasteiger partial charge in [-0.25, -0.2) is 4.79 Å². The summed E-state index contributed by atoms with van der Waals surface area (Å²) in [7, 11) is 0. The van der Waals surface area contributed by atoms with E-state index >= 15 is 0 Å². The molecule has 188 valence electrons. The summed E-state index contributed by atoms with van der Waals surface area (Å²) in [5, 5.41) is 25.1. The molecule has 0 aliphatic rings. The third-order valence-electron chi connectivity index (χ3n) is 4.36. The molecule has 0 bridgehead atoms. The van der Waals surface area contributed by atoms with Crippen LogP contribution in [0.1, 0.15) is 32.1 Å². The Morgan fingerprint density at radius 1 is 0.848 bits per heavy atom. The highest BCUT2D eigenvalue weighted by molar-refractivity contribution is 7.98. The fraction of sp³-hybridized carbons (Fsp3) is 0.667. The minimum Gasteiger partial charge on any atom is -0.481 e. The second-order valence-electron chi connectivity index (χ2n) is 7.03. The molecule has 0 aromatic heterocycles. The van der Waals surface area contributed by atoms with Crippen molar-refractivity contribution in [1.82, 2.24) is 16.0 Å². The highest BCUT2D eigenvalue weighted by Crippen LogP contribution is 2.05. The molecule has 0 radical (unpaired) electrons. The molecule has 0 rings (SSSR count). The third kappa shape index (κ3) is 12.9. The summed E-state index contributed by atoms with van der Waals surface area (Å²) in [6.45, 7) is 0. The Morgan fingerprint density at radius 3 is 1.85 bits per heavy atom. The highest BCUT2D eigenvalue weighted by atomic mass is 32.2. The molecule has 0 heterocycles. The first-order chi connectivity index (χ1) is 15.4. The molecule has 9 N–H and O–H groups in total. The van der Waals surface area contributed by atoms with E-state index in [1.54, 1.807) is 0 Å². The van der Waals surface area contributed by atoms with Crippen LogP contribution in [0, 0.1) is 0 Å². The van der Waals surface area contributed by atoms with E-state index in [1.165, 1.54) is 11.8 Å². The molecule has 0 aliphatic carbocycles. The number of amides is 4. The van der Waals surface area contributed by atoms with Crippen LogP contribution in [0.3, 0.4) is 0 Å². The van der Waals surface area contributed by atoms with Gasteiger partial charge in [-0.15, -0.1) is 0 Å². The number of carboxylic acids is 2. The maximum atomic E-state index is 12.6. The molecule has 33 heavy (non-hydrogen) atoms. The third-order valence-corrected chi connectivity index (χ3v) is 5.37. The molecule has 15 heteroatoms. The van der Waals surface area contributed by atoms with Crippen LogP contribution in [-0.4, -0.2) is 87.7 Å². The highest BCUT2D eigenvalue weighted by Gasteiger charge is 2.30. The lowest BCUT2D eigenvalue weighted by molar-refractivity contribution is -0.143. The van der Waals surface area contributed by atoms with Gasteiger partial charge in [-0.05, 0) is 31.3 Å². The summed E-state index contributed by atoms with van der Waals surface area (Å²) in [4.78, 5) is 70.6. The lowest BCUT2D eigenvalue weighted by Crippen LogP contribution is -2.57. The summed E-state index contributed by atoms with van der Waals surface area (Å²) >= 11 is 5.52. The standard InChI is InChI=1S/C18H31N5O8S2/c1-33-7-6-9(19)15(27)23-12(8-32)17(29)21-10(3-5-14(25)26)16(28)22-11(18(30)31)2-4-13(20)24/h9-12,32H,2-8,19H2,1H3,(H2,20,24)(H,21,29)(H,22,28)(H,23,27)(H,25,26)(H,30,31). The Bertz CT molecular complexity index is 724. The van der Waals surface area contributed by atoms with E-state index in [4.69, 9.17) is 16.6 Å². The monoisotopic (exact) mass is 509 g/mol. The fourth-order valence-corrected chi connectivity index (χ4v) is 3.22. The number of thioether (sulfide) groups is 1. The first-order valence-corrected chi connectivity index (χ1v) is 11.9. The zero-order chi connectivity index (χ0) is 25.6. The van der Waals surface area contributed by atoms with Crippen LogP contribution in [0.4, 0.5) is 0 Å². The molecule has 4 unspecified atom stereocenters. The van der Waals surface area contributed by atoms with Crippen LogP contribution < -0.4 is 27.4 Å². The first-order valence-electron chi connectivity index (χ1n) is 9.92. The number of rotatable bonds is 17. The number of nitrogens with two attached hydrogens (primary N) is 2. The van der Waals surface area contributed by atoms with Crippen molar-refractivity contribution in [2.75, 3.05) is 17.8 Å². The van der Waals surface area contributed by atoms with Gasteiger partial charge in [0.25, 0.3) is 0 Å². The lowest BCUT2D eigenvalue weighted by Gasteiger charge is -2.24. The summed E-state index contributed by atoms with van der Waals surface area (Å²) < 4.78 is 0. The number of thiol groups is 1. The zero-order valence-electron chi connectivity index (χ0n) is 18.1. The van der Waals surface area contributed by atoms with Crippen LogP contribution in [0.5, 0.6) is 0 Å². The molecular weight excluding hydrogens is 478 g/mol. The van der Waals surface area contributed by atoms with Gasteiger partial charge >= 0.3 is 11.9 Å². The normalized spacial score (nSPS) is 14.3. The summed E-state index contributed by atoms with van der Waals surface area (Å²) in [5.74, 6) is -5.36. The number of carbonyl (C=O) groups is 6. The van der Waals surface area contributed by atoms with E-state index in [0.717, 1.165) is 0 Å². The summed E-state index contributed by atoms with van der Waals surface area (Å²) in [6, 6.07) is -4.94. The Morgan fingerprint density at radius 2 is 1.36 bits per heavy atom. The van der Waals surface area contributed by atoms with Crippen molar-refractivity contribution in [2.24, 2.45) is 11.5 Å². The molecule has 0 aromatic rings. The van der Waals surface area contributed by atoms with Gasteiger partial charge in [0.05, 0.1) is 6.04 Å². The van der Waals surface area contributed by atoms with Gasteiger partial charge in [-0.2, -0.15) is 24.4 Å². The predicted molar refractivity (Wildman–Crippen MR) is 124 cm³/mol. The molecule has 0 saturated carbocycles. The molecule has 4 atom stereocenters. The number of nitrogens with one attached hydrogen (secondary N) is 3. The Labute approximate surface area is 200 Å². The molecule has 0 aromatic carbocycles.